The summed E-state index contributed by atoms with van der Waals surface area (Å²) >= 11 is 0. The maximum Gasteiger partial charge on any atom is 0.223 e. The Morgan fingerprint density at radius 2 is 1.82 bits per heavy atom. The molecule has 1 aromatic heterocycles. The fourth-order valence-electron chi connectivity index (χ4n) is 2.81. The van der Waals surface area contributed by atoms with Crippen LogP contribution in [0.25, 0.3) is 0 Å². The molecule has 1 amide bonds. The van der Waals surface area contributed by atoms with Crippen molar-refractivity contribution in [1.82, 2.24) is 15.5 Å². The standard InChI is InChI=1S/C17H26N4O/c1-17(2,3)14-6-7-15(20-19-14)21-10-8-13(9-11-21)18-16(22)12-4-5-12/h6-7,12-13H,4-5,8-11H2,1-3H3,(H,18,22). The quantitative estimate of drug-likeness (QED) is 0.930. The normalized spacial score (nSPS) is 20.0. The van der Waals surface area contributed by atoms with Crippen LogP contribution < -0.4 is 10.2 Å². The lowest BCUT2D eigenvalue weighted by Gasteiger charge is -2.33. The van der Waals surface area contributed by atoms with Crippen LogP contribution in [-0.4, -0.2) is 35.2 Å². The molecule has 0 radical (unpaired) electrons. The minimum atomic E-state index is 0.0333. The molecular weight excluding hydrogens is 276 g/mol. The van der Waals surface area contributed by atoms with E-state index >= 15 is 0 Å². The monoisotopic (exact) mass is 302 g/mol. The molecule has 2 aliphatic rings. The fraction of sp³-hybridized carbons (Fsp3) is 0.706. The molecule has 1 aliphatic heterocycles. The number of anilines is 1. The molecule has 1 saturated carbocycles. The Balaban J connectivity index is 1.53. The average molecular weight is 302 g/mol. The Bertz CT molecular complexity index is 523. The molecule has 2 fully saturated rings. The van der Waals surface area contributed by atoms with Crippen molar-refractivity contribution >= 4 is 11.7 Å². The summed E-state index contributed by atoms with van der Waals surface area (Å²) in [5.74, 6) is 1.50. The fourth-order valence-corrected chi connectivity index (χ4v) is 2.81. The third-order valence-corrected chi connectivity index (χ3v) is 4.53. The minimum Gasteiger partial charge on any atom is -0.355 e. The van der Waals surface area contributed by atoms with Gasteiger partial charge in [-0.05, 0) is 37.8 Å². The van der Waals surface area contributed by atoms with Crippen molar-refractivity contribution in [2.75, 3.05) is 18.0 Å². The molecule has 22 heavy (non-hydrogen) atoms. The van der Waals surface area contributed by atoms with Gasteiger partial charge in [0.2, 0.25) is 5.91 Å². The van der Waals surface area contributed by atoms with Crippen molar-refractivity contribution in [2.24, 2.45) is 5.92 Å². The van der Waals surface area contributed by atoms with Gasteiger partial charge in [-0.3, -0.25) is 4.79 Å². The van der Waals surface area contributed by atoms with Crippen molar-refractivity contribution in [3.05, 3.63) is 17.8 Å². The molecule has 0 aromatic carbocycles. The molecule has 5 heteroatoms. The largest absolute Gasteiger partial charge is 0.355 e. The molecule has 1 saturated heterocycles. The van der Waals surface area contributed by atoms with E-state index in [1.54, 1.807) is 0 Å². The summed E-state index contributed by atoms with van der Waals surface area (Å²) in [7, 11) is 0. The highest BCUT2D eigenvalue weighted by atomic mass is 16.2. The van der Waals surface area contributed by atoms with Crippen LogP contribution in [-0.2, 0) is 10.2 Å². The second kappa shape index (κ2) is 5.86. The Morgan fingerprint density at radius 1 is 1.14 bits per heavy atom. The minimum absolute atomic E-state index is 0.0333. The zero-order chi connectivity index (χ0) is 15.7. The van der Waals surface area contributed by atoms with Crippen molar-refractivity contribution in [3.63, 3.8) is 0 Å². The van der Waals surface area contributed by atoms with E-state index < -0.39 is 0 Å². The molecule has 1 aliphatic carbocycles. The number of aromatic nitrogens is 2. The molecule has 0 spiro atoms. The first-order chi connectivity index (χ1) is 10.4. The van der Waals surface area contributed by atoms with Crippen molar-refractivity contribution in [1.29, 1.82) is 0 Å². The van der Waals surface area contributed by atoms with E-state index in [1.165, 1.54) is 0 Å². The summed E-state index contributed by atoms with van der Waals surface area (Å²) in [6.07, 6.45) is 4.11. The van der Waals surface area contributed by atoms with E-state index in [4.69, 9.17) is 0 Å². The van der Waals surface area contributed by atoms with Crippen LogP contribution in [0.5, 0.6) is 0 Å². The highest BCUT2D eigenvalue weighted by Gasteiger charge is 2.32. The predicted octanol–water partition coefficient (Wildman–Crippen LogP) is 2.27. The smallest absolute Gasteiger partial charge is 0.223 e. The van der Waals surface area contributed by atoms with Gasteiger partial charge >= 0.3 is 0 Å². The number of nitrogens with zero attached hydrogens (tertiary/aromatic N) is 3. The van der Waals surface area contributed by atoms with Gasteiger partial charge in [-0.25, -0.2) is 0 Å². The Morgan fingerprint density at radius 3 is 2.32 bits per heavy atom. The molecule has 2 heterocycles. The molecule has 5 nitrogen and oxygen atoms in total. The number of hydrogen-bond donors (Lipinski definition) is 1. The molecule has 0 unspecified atom stereocenters. The van der Waals surface area contributed by atoms with Gasteiger partial charge in [0.15, 0.2) is 5.82 Å². The number of nitrogens with one attached hydrogen (secondary N) is 1. The van der Waals surface area contributed by atoms with Crippen molar-refractivity contribution < 1.29 is 4.79 Å². The molecule has 1 N–H and O–H groups in total. The first-order valence-corrected chi connectivity index (χ1v) is 8.33. The van der Waals surface area contributed by atoms with E-state index in [1.807, 2.05) is 0 Å². The Labute approximate surface area is 132 Å². The first kappa shape index (κ1) is 15.3. The number of hydrogen-bond acceptors (Lipinski definition) is 4. The summed E-state index contributed by atoms with van der Waals surface area (Å²) in [6.45, 7) is 8.29. The number of carbonyl (C=O) groups excluding carboxylic acids is 1. The van der Waals surface area contributed by atoms with E-state index in [2.05, 4.69) is 53.3 Å². The lowest BCUT2D eigenvalue weighted by molar-refractivity contribution is -0.123. The van der Waals surface area contributed by atoms with E-state index in [0.29, 0.717) is 12.0 Å². The van der Waals surface area contributed by atoms with Gasteiger partial charge in [0, 0.05) is 30.5 Å². The SMILES string of the molecule is CC(C)(C)c1ccc(N2CCC(NC(=O)C3CC3)CC2)nn1. The zero-order valence-electron chi connectivity index (χ0n) is 13.8. The van der Waals surface area contributed by atoms with Crippen LogP contribution in [0.2, 0.25) is 0 Å². The summed E-state index contributed by atoms with van der Waals surface area (Å²) in [6, 6.07) is 4.46. The van der Waals surface area contributed by atoms with Gasteiger partial charge in [0.25, 0.3) is 0 Å². The predicted molar refractivity (Wildman–Crippen MR) is 86.8 cm³/mol. The first-order valence-electron chi connectivity index (χ1n) is 8.33. The number of rotatable bonds is 3. The summed E-state index contributed by atoms with van der Waals surface area (Å²) in [5.41, 5.74) is 1.05. The summed E-state index contributed by atoms with van der Waals surface area (Å²) in [4.78, 5) is 14.1. The molecule has 3 rings (SSSR count). The lowest BCUT2D eigenvalue weighted by atomic mass is 9.92. The lowest BCUT2D eigenvalue weighted by Crippen LogP contribution is -2.45. The third kappa shape index (κ3) is 3.57. The van der Waals surface area contributed by atoms with Crippen molar-refractivity contribution in [3.8, 4) is 0 Å². The topological polar surface area (TPSA) is 58.1 Å². The highest BCUT2D eigenvalue weighted by molar-refractivity contribution is 5.81. The molecule has 0 bridgehead atoms. The third-order valence-electron chi connectivity index (χ3n) is 4.53. The molecule has 1 aromatic rings. The van der Waals surface area contributed by atoms with Crippen LogP contribution >= 0.6 is 0 Å². The number of amides is 1. The van der Waals surface area contributed by atoms with Gasteiger partial charge in [-0.1, -0.05) is 20.8 Å². The van der Waals surface area contributed by atoms with Gasteiger partial charge in [-0.2, -0.15) is 5.10 Å². The van der Waals surface area contributed by atoms with Gasteiger partial charge < -0.3 is 10.2 Å². The van der Waals surface area contributed by atoms with Crippen LogP contribution in [0.1, 0.15) is 52.1 Å². The van der Waals surface area contributed by atoms with Crippen LogP contribution in [0.15, 0.2) is 12.1 Å². The Kier molecular flexibility index (Phi) is 4.06. The van der Waals surface area contributed by atoms with Gasteiger partial charge in [0.05, 0.1) is 5.69 Å². The van der Waals surface area contributed by atoms with Crippen LogP contribution in [0.3, 0.4) is 0 Å². The van der Waals surface area contributed by atoms with E-state index in [0.717, 1.165) is 50.3 Å². The number of carbonyl (C=O) groups is 1. The second-order valence-electron chi connectivity index (χ2n) is 7.57. The van der Waals surface area contributed by atoms with Gasteiger partial charge in [-0.15, -0.1) is 5.10 Å². The van der Waals surface area contributed by atoms with Gasteiger partial charge in [0.1, 0.15) is 0 Å². The summed E-state index contributed by atoms with van der Waals surface area (Å²) in [5, 5.41) is 11.9. The zero-order valence-corrected chi connectivity index (χ0v) is 13.8. The van der Waals surface area contributed by atoms with Crippen LogP contribution in [0.4, 0.5) is 5.82 Å². The maximum atomic E-state index is 11.8. The molecule has 0 atom stereocenters. The highest BCUT2D eigenvalue weighted by Crippen LogP contribution is 2.29. The summed E-state index contributed by atoms with van der Waals surface area (Å²) < 4.78 is 0. The maximum absolute atomic E-state index is 11.8. The van der Waals surface area contributed by atoms with E-state index in [9.17, 15) is 4.79 Å². The molecular formula is C17H26N4O. The van der Waals surface area contributed by atoms with Crippen LogP contribution in [0, 0.1) is 5.92 Å². The Hall–Kier alpha value is -1.65. The second-order valence-corrected chi connectivity index (χ2v) is 7.57. The van der Waals surface area contributed by atoms with E-state index in [-0.39, 0.29) is 11.3 Å². The molecule has 120 valence electrons. The van der Waals surface area contributed by atoms with Crippen molar-refractivity contribution in [2.45, 2.75) is 57.9 Å². The average Bonchev–Trinajstić information content (AvgIpc) is 3.32. The number of piperidine rings is 1.